The van der Waals surface area contributed by atoms with Gasteiger partial charge in [0, 0.05) is 18.1 Å². The molecule has 2 aromatic carbocycles. The predicted octanol–water partition coefficient (Wildman–Crippen LogP) is 4.13. The maximum Gasteiger partial charge on any atom is 0.328 e. The van der Waals surface area contributed by atoms with Gasteiger partial charge in [0.2, 0.25) is 0 Å². The van der Waals surface area contributed by atoms with Gasteiger partial charge in [0.25, 0.3) is 0 Å². The quantitative estimate of drug-likeness (QED) is 0.542. The van der Waals surface area contributed by atoms with E-state index in [0.717, 1.165) is 35.1 Å². The van der Waals surface area contributed by atoms with Crippen molar-refractivity contribution >= 4 is 11.8 Å². The number of hydrogen-bond acceptors (Lipinski definition) is 6. The zero-order chi connectivity index (χ0) is 20.8. The van der Waals surface area contributed by atoms with E-state index in [-0.39, 0.29) is 5.97 Å². The summed E-state index contributed by atoms with van der Waals surface area (Å²) in [5, 5.41) is 3.19. The van der Waals surface area contributed by atoms with Crippen molar-refractivity contribution in [3.63, 3.8) is 0 Å². The van der Waals surface area contributed by atoms with E-state index >= 15 is 0 Å². The van der Waals surface area contributed by atoms with E-state index in [1.54, 1.807) is 0 Å². The van der Waals surface area contributed by atoms with Gasteiger partial charge in [-0.05, 0) is 48.6 Å². The number of rotatable bonds is 9. The lowest BCUT2D eigenvalue weighted by atomic mass is 10.1. The van der Waals surface area contributed by atoms with Crippen molar-refractivity contribution in [2.75, 3.05) is 19.0 Å². The molecule has 1 fully saturated rings. The van der Waals surface area contributed by atoms with Crippen LogP contribution in [0, 0.1) is 5.92 Å². The number of anilines is 1. The van der Waals surface area contributed by atoms with Crippen molar-refractivity contribution < 1.29 is 14.3 Å². The fraction of sp³-hybridized carbons (Fsp3) is 0.292. The van der Waals surface area contributed by atoms with Gasteiger partial charge in [-0.3, -0.25) is 0 Å². The summed E-state index contributed by atoms with van der Waals surface area (Å²) in [4.78, 5) is 20.9. The fourth-order valence-electron chi connectivity index (χ4n) is 3.18. The van der Waals surface area contributed by atoms with Crippen molar-refractivity contribution in [3.8, 4) is 17.0 Å². The minimum atomic E-state index is -0.543. The molecule has 1 aliphatic rings. The highest BCUT2D eigenvalue weighted by Gasteiger charge is 2.22. The molecule has 1 N–H and O–H groups in total. The topological polar surface area (TPSA) is 73.3 Å². The summed E-state index contributed by atoms with van der Waals surface area (Å²) in [5.41, 5.74) is 2.76. The molecule has 1 saturated carbocycles. The molecule has 0 aliphatic heterocycles. The van der Waals surface area contributed by atoms with E-state index in [1.807, 2.05) is 60.7 Å². The number of carbonyl (C=O) groups excluding carboxylic acids is 1. The highest BCUT2D eigenvalue weighted by atomic mass is 16.5. The molecular formula is C24H25N3O3. The summed E-state index contributed by atoms with van der Waals surface area (Å²) >= 11 is 0. The third-order valence-corrected chi connectivity index (χ3v) is 5.09. The molecule has 0 amide bonds. The summed E-state index contributed by atoms with van der Waals surface area (Å²) in [5.74, 6) is 1.82. The normalized spacial score (nSPS) is 14.0. The standard InChI is InChI=1S/C24H25N3O3/c1-29-24(28)22(13-17-5-3-2-4-6-17)27-23-14-21(25-16-26-23)19-9-11-20(12-10-19)30-15-18-7-8-18/h2-6,9-12,14,16,18,22H,7-8,13,15H2,1H3,(H,25,26,27). The van der Waals surface area contributed by atoms with Crippen LogP contribution in [0.15, 0.2) is 67.0 Å². The number of ether oxygens (including phenoxy) is 2. The number of nitrogens with zero attached hydrogens (tertiary/aromatic N) is 2. The van der Waals surface area contributed by atoms with Gasteiger partial charge in [0.15, 0.2) is 0 Å². The number of esters is 1. The molecule has 0 spiro atoms. The van der Waals surface area contributed by atoms with Gasteiger partial charge < -0.3 is 14.8 Å². The third kappa shape index (κ3) is 5.35. The summed E-state index contributed by atoms with van der Waals surface area (Å²) in [6, 6.07) is 19.0. The second-order valence-corrected chi connectivity index (χ2v) is 7.48. The minimum absolute atomic E-state index is 0.337. The van der Waals surface area contributed by atoms with E-state index < -0.39 is 6.04 Å². The number of nitrogens with one attached hydrogen (secondary N) is 1. The maximum absolute atomic E-state index is 12.3. The summed E-state index contributed by atoms with van der Waals surface area (Å²) in [6.07, 6.45) is 4.53. The van der Waals surface area contributed by atoms with E-state index in [0.29, 0.717) is 12.2 Å². The molecular weight excluding hydrogens is 378 g/mol. The first-order chi connectivity index (χ1) is 14.7. The van der Waals surface area contributed by atoms with E-state index in [9.17, 15) is 4.79 Å². The molecule has 0 bridgehead atoms. The lowest BCUT2D eigenvalue weighted by Gasteiger charge is -2.17. The number of aromatic nitrogens is 2. The van der Waals surface area contributed by atoms with E-state index in [2.05, 4.69) is 15.3 Å². The third-order valence-electron chi connectivity index (χ3n) is 5.09. The molecule has 0 radical (unpaired) electrons. The number of hydrogen-bond donors (Lipinski definition) is 1. The highest BCUT2D eigenvalue weighted by molar-refractivity contribution is 5.79. The van der Waals surface area contributed by atoms with Gasteiger partial charge in [-0.25, -0.2) is 14.8 Å². The zero-order valence-corrected chi connectivity index (χ0v) is 17.0. The predicted molar refractivity (Wildman–Crippen MR) is 115 cm³/mol. The van der Waals surface area contributed by atoms with Crippen LogP contribution in [0.1, 0.15) is 18.4 Å². The molecule has 1 unspecified atom stereocenters. The highest BCUT2D eigenvalue weighted by Crippen LogP contribution is 2.30. The van der Waals surface area contributed by atoms with Crippen molar-refractivity contribution in [3.05, 3.63) is 72.6 Å². The second-order valence-electron chi connectivity index (χ2n) is 7.48. The molecule has 1 aliphatic carbocycles. The first-order valence-electron chi connectivity index (χ1n) is 10.1. The Kier molecular flexibility index (Phi) is 6.23. The summed E-state index contributed by atoms with van der Waals surface area (Å²) in [6.45, 7) is 0.789. The van der Waals surface area contributed by atoms with Crippen LogP contribution in [-0.4, -0.2) is 35.7 Å². The van der Waals surface area contributed by atoms with Crippen LogP contribution >= 0.6 is 0 Å². The molecule has 3 aromatic rings. The Balaban J connectivity index is 1.46. The summed E-state index contributed by atoms with van der Waals surface area (Å²) in [7, 11) is 1.39. The van der Waals surface area contributed by atoms with Crippen molar-refractivity contribution in [1.29, 1.82) is 0 Å². The van der Waals surface area contributed by atoms with Crippen molar-refractivity contribution in [1.82, 2.24) is 9.97 Å². The Morgan fingerprint density at radius 3 is 2.57 bits per heavy atom. The van der Waals surface area contributed by atoms with Crippen molar-refractivity contribution in [2.24, 2.45) is 5.92 Å². The number of carbonyl (C=O) groups is 1. The average molecular weight is 403 g/mol. The molecule has 4 rings (SSSR count). The fourth-order valence-corrected chi connectivity index (χ4v) is 3.18. The first-order valence-corrected chi connectivity index (χ1v) is 10.1. The largest absolute Gasteiger partial charge is 0.493 e. The number of benzene rings is 2. The Morgan fingerprint density at radius 2 is 1.87 bits per heavy atom. The second kappa shape index (κ2) is 9.39. The van der Waals surface area contributed by atoms with Gasteiger partial charge in [-0.1, -0.05) is 30.3 Å². The Morgan fingerprint density at radius 1 is 1.10 bits per heavy atom. The summed E-state index contributed by atoms with van der Waals surface area (Å²) < 4.78 is 10.8. The van der Waals surface area contributed by atoms with Crippen LogP contribution in [0.3, 0.4) is 0 Å². The molecule has 1 aromatic heterocycles. The van der Waals surface area contributed by atoms with Crippen LogP contribution in [0.2, 0.25) is 0 Å². The lowest BCUT2D eigenvalue weighted by molar-refractivity contribution is -0.141. The first kappa shape index (κ1) is 19.9. The Hall–Kier alpha value is -3.41. The molecule has 30 heavy (non-hydrogen) atoms. The van der Waals surface area contributed by atoms with Gasteiger partial charge in [0.05, 0.1) is 19.4 Å². The molecule has 6 heteroatoms. The molecule has 1 atom stereocenters. The molecule has 1 heterocycles. The molecule has 0 saturated heterocycles. The van der Waals surface area contributed by atoms with Crippen LogP contribution in [0.5, 0.6) is 5.75 Å². The van der Waals surface area contributed by atoms with Crippen LogP contribution in [-0.2, 0) is 16.0 Å². The van der Waals surface area contributed by atoms with Gasteiger partial charge >= 0.3 is 5.97 Å². The zero-order valence-electron chi connectivity index (χ0n) is 17.0. The number of methoxy groups -OCH3 is 1. The average Bonchev–Trinajstić information content (AvgIpc) is 3.63. The Labute approximate surface area is 176 Å². The smallest absolute Gasteiger partial charge is 0.328 e. The van der Waals surface area contributed by atoms with Crippen LogP contribution in [0.25, 0.3) is 11.3 Å². The SMILES string of the molecule is COC(=O)C(Cc1ccccc1)Nc1cc(-c2ccc(OCC3CC3)cc2)ncn1. The lowest BCUT2D eigenvalue weighted by Crippen LogP contribution is -2.33. The van der Waals surface area contributed by atoms with Gasteiger partial charge in [-0.2, -0.15) is 0 Å². The monoisotopic (exact) mass is 403 g/mol. The van der Waals surface area contributed by atoms with Crippen LogP contribution in [0.4, 0.5) is 5.82 Å². The molecule has 154 valence electrons. The van der Waals surface area contributed by atoms with Crippen molar-refractivity contribution in [2.45, 2.75) is 25.3 Å². The molecule has 6 nitrogen and oxygen atoms in total. The van der Waals surface area contributed by atoms with Gasteiger partial charge in [-0.15, -0.1) is 0 Å². The minimum Gasteiger partial charge on any atom is -0.493 e. The Bertz CT molecular complexity index is 973. The van der Waals surface area contributed by atoms with Crippen LogP contribution < -0.4 is 10.1 Å². The van der Waals surface area contributed by atoms with E-state index in [4.69, 9.17) is 9.47 Å². The van der Waals surface area contributed by atoms with E-state index in [1.165, 1.54) is 26.3 Å². The van der Waals surface area contributed by atoms with Gasteiger partial charge in [0.1, 0.15) is 23.9 Å². The maximum atomic E-state index is 12.3.